The lowest BCUT2D eigenvalue weighted by atomic mass is 10.0. The second-order valence-electron chi connectivity index (χ2n) is 8.46. The van der Waals surface area contributed by atoms with Crippen LogP contribution in [0.2, 0.25) is 18.1 Å². The molecule has 0 spiro atoms. The van der Waals surface area contributed by atoms with Crippen molar-refractivity contribution in [2.45, 2.75) is 75.8 Å². The third-order valence-corrected chi connectivity index (χ3v) is 10.2. The van der Waals surface area contributed by atoms with E-state index in [1.807, 2.05) is 18.2 Å². The number of hydrogen-bond acceptors (Lipinski definition) is 1. The first-order chi connectivity index (χ1) is 11.5. The fourth-order valence-electron chi connectivity index (χ4n) is 2.23. The van der Waals surface area contributed by atoms with Crippen molar-refractivity contribution in [3.8, 4) is 0 Å². The zero-order valence-electron chi connectivity index (χ0n) is 16.6. The molecule has 0 radical (unpaired) electrons. The highest BCUT2D eigenvalue weighted by molar-refractivity contribution is 6.74. The zero-order chi connectivity index (χ0) is 19.1. The Labute approximate surface area is 165 Å². The molecule has 1 nitrogen and oxygen atoms in total. The molecule has 0 aliphatic rings. The average molecular weight is 401 g/mol. The Hall–Kier alpha value is -0.283. The van der Waals surface area contributed by atoms with Gasteiger partial charge in [-0.05, 0) is 49.9 Å². The molecule has 2 atom stereocenters. The van der Waals surface area contributed by atoms with Crippen molar-refractivity contribution < 1.29 is 4.43 Å². The molecule has 0 fully saturated rings. The Morgan fingerprint density at radius 2 is 1.72 bits per heavy atom. The summed E-state index contributed by atoms with van der Waals surface area (Å²) in [6.07, 6.45) is 4.72. The van der Waals surface area contributed by atoms with Gasteiger partial charge in [-0.1, -0.05) is 62.8 Å². The van der Waals surface area contributed by atoms with Crippen molar-refractivity contribution in [2.75, 3.05) is 6.61 Å². The van der Waals surface area contributed by atoms with Crippen LogP contribution < -0.4 is 0 Å². The van der Waals surface area contributed by atoms with Crippen molar-refractivity contribution in [2.24, 2.45) is 0 Å². The summed E-state index contributed by atoms with van der Waals surface area (Å²) >= 11 is 13.0. The smallest absolute Gasteiger partial charge is 0.192 e. The van der Waals surface area contributed by atoms with Crippen molar-refractivity contribution in [3.05, 3.63) is 47.5 Å². The van der Waals surface area contributed by atoms with Gasteiger partial charge in [0.2, 0.25) is 0 Å². The van der Waals surface area contributed by atoms with E-state index in [-0.39, 0.29) is 15.8 Å². The zero-order valence-corrected chi connectivity index (χ0v) is 19.1. The van der Waals surface area contributed by atoms with Gasteiger partial charge in [-0.2, -0.15) is 0 Å². The van der Waals surface area contributed by atoms with Gasteiger partial charge in [-0.15, -0.1) is 23.2 Å². The first kappa shape index (κ1) is 22.8. The number of halogens is 2. The van der Waals surface area contributed by atoms with Gasteiger partial charge in [0.15, 0.2) is 8.32 Å². The number of rotatable bonds is 9. The predicted molar refractivity (Wildman–Crippen MR) is 116 cm³/mol. The maximum Gasteiger partial charge on any atom is 0.192 e. The van der Waals surface area contributed by atoms with E-state index in [9.17, 15) is 0 Å². The molecule has 0 saturated carbocycles. The molecule has 0 unspecified atom stereocenters. The first-order valence-corrected chi connectivity index (χ1v) is 12.9. The van der Waals surface area contributed by atoms with E-state index >= 15 is 0 Å². The monoisotopic (exact) mass is 400 g/mol. The average Bonchev–Trinajstić information content (AvgIpc) is 2.50. The Morgan fingerprint density at radius 1 is 1.12 bits per heavy atom. The molecule has 0 saturated heterocycles. The van der Waals surface area contributed by atoms with Crippen molar-refractivity contribution in [3.63, 3.8) is 0 Å². The Bertz CT molecular complexity index is 535. The van der Waals surface area contributed by atoms with Gasteiger partial charge in [0.05, 0.1) is 6.61 Å². The quantitative estimate of drug-likeness (QED) is 0.242. The fourth-order valence-corrected chi connectivity index (χ4v) is 4.04. The molecule has 142 valence electrons. The third kappa shape index (κ3) is 8.77. The number of alkyl halides is 2. The number of allylic oxidation sites excluding steroid dienone is 1. The van der Waals surface area contributed by atoms with Crippen LogP contribution in [0.4, 0.5) is 0 Å². The molecular formula is C21H34Cl2OSi. The topological polar surface area (TPSA) is 9.23 Å². The van der Waals surface area contributed by atoms with Gasteiger partial charge in [0.25, 0.3) is 0 Å². The lowest BCUT2D eigenvalue weighted by Gasteiger charge is -2.36. The summed E-state index contributed by atoms with van der Waals surface area (Å²) in [6, 6.07) is 10.3. The molecular weight excluding hydrogens is 367 g/mol. The molecule has 0 aliphatic heterocycles. The fraction of sp³-hybridized carbons (Fsp3) is 0.619. The lowest BCUT2D eigenvalue weighted by Crippen LogP contribution is -2.41. The van der Waals surface area contributed by atoms with Gasteiger partial charge < -0.3 is 4.43 Å². The van der Waals surface area contributed by atoms with Gasteiger partial charge in [0, 0.05) is 10.8 Å². The van der Waals surface area contributed by atoms with Crippen LogP contribution in [0, 0.1) is 0 Å². The van der Waals surface area contributed by atoms with Crippen molar-refractivity contribution in [1.82, 2.24) is 0 Å². The van der Waals surface area contributed by atoms with Crippen LogP contribution in [-0.4, -0.2) is 25.7 Å². The lowest BCUT2D eigenvalue weighted by molar-refractivity contribution is 0.318. The summed E-state index contributed by atoms with van der Waals surface area (Å²) in [6.45, 7) is 14.2. The van der Waals surface area contributed by atoms with Crippen molar-refractivity contribution >= 4 is 31.5 Å². The molecule has 0 aliphatic carbocycles. The third-order valence-electron chi connectivity index (χ3n) is 5.00. The molecule has 1 rings (SSSR count). The second kappa shape index (κ2) is 10.2. The minimum absolute atomic E-state index is 0.0639. The van der Waals surface area contributed by atoms with Crippen LogP contribution in [0.1, 0.15) is 46.1 Å². The summed E-state index contributed by atoms with van der Waals surface area (Å²) in [5, 5.41) is 0.377. The Morgan fingerprint density at radius 3 is 2.28 bits per heavy atom. The molecule has 0 N–H and O–H groups in total. The minimum Gasteiger partial charge on any atom is -0.413 e. The molecule has 0 amide bonds. The van der Waals surface area contributed by atoms with Crippen molar-refractivity contribution in [1.29, 1.82) is 0 Å². The molecule has 1 aromatic carbocycles. The highest BCUT2D eigenvalue weighted by Gasteiger charge is 2.36. The Kier molecular flexibility index (Phi) is 9.24. The Balaban J connectivity index is 2.38. The summed E-state index contributed by atoms with van der Waals surface area (Å²) in [4.78, 5) is 0. The number of hydrogen-bond donors (Lipinski definition) is 0. The van der Waals surface area contributed by atoms with Gasteiger partial charge in [-0.25, -0.2) is 0 Å². The molecule has 0 heterocycles. The van der Waals surface area contributed by atoms with E-state index < -0.39 is 8.32 Å². The van der Waals surface area contributed by atoms with E-state index in [0.29, 0.717) is 6.61 Å². The van der Waals surface area contributed by atoms with E-state index in [0.717, 1.165) is 19.3 Å². The second-order valence-corrected chi connectivity index (χ2v) is 14.5. The van der Waals surface area contributed by atoms with Crippen LogP contribution in [-0.2, 0) is 10.8 Å². The van der Waals surface area contributed by atoms with Gasteiger partial charge in [0.1, 0.15) is 0 Å². The van der Waals surface area contributed by atoms with Crippen LogP contribution in [0.15, 0.2) is 42.0 Å². The maximum atomic E-state index is 6.49. The molecule has 0 aromatic heterocycles. The van der Waals surface area contributed by atoms with Gasteiger partial charge in [-0.3, -0.25) is 0 Å². The maximum absolute atomic E-state index is 6.49. The SMILES string of the molecule is C/C(=C\C[C@H](Cl)C[C@@H](Cl)Cc1ccccc1)CO[Si](C)(C)C(C)(C)C. The summed E-state index contributed by atoms with van der Waals surface area (Å²) in [5.41, 5.74) is 2.52. The minimum atomic E-state index is -1.69. The summed E-state index contributed by atoms with van der Waals surface area (Å²) in [7, 11) is -1.69. The predicted octanol–water partition coefficient (Wildman–Crippen LogP) is 7.19. The van der Waals surface area contributed by atoms with Gasteiger partial charge >= 0.3 is 0 Å². The highest BCUT2D eigenvalue weighted by Crippen LogP contribution is 2.36. The van der Waals surface area contributed by atoms with Crippen LogP contribution in [0.3, 0.4) is 0 Å². The number of benzene rings is 1. The van der Waals surface area contributed by atoms with E-state index in [4.69, 9.17) is 27.6 Å². The molecule has 25 heavy (non-hydrogen) atoms. The first-order valence-electron chi connectivity index (χ1n) is 9.13. The van der Waals surface area contributed by atoms with Crippen LogP contribution in [0.5, 0.6) is 0 Å². The highest BCUT2D eigenvalue weighted by atomic mass is 35.5. The molecule has 4 heteroatoms. The normalized spacial score (nSPS) is 15.9. The van der Waals surface area contributed by atoms with Crippen LogP contribution >= 0.6 is 23.2 Å². The largest absolute Gasteiger partial charge is 0.413 e. The van der Waals surface area contributed by atoms with E-state index in [1.165, 1.54) is 11.1 Å². The van der Waals surface area contributed by atoms with E-state index in [2.05, 4.69) is 59.0 Å². The van der Waals surface area contributed by atoms with E-state index in [1.54, 1.807) is 0 Å². The summed E-state index contributed by atoms with van der Waals surface area (Å²) in [5.74, 6) is 0. The molecule has 1 aromatic rings. The molecule has 0 bridgehead atoms. The standard InChI is InChI=1S/C21H34Cl2OSi/c1-17(16-24-25(5,6)21(2,3)4)12-13-19(22)15-20(23)14-18-10-8-7-9-11-18/h7-12,19-20H,13-16H2,1-6H3/b17-12+/t19-,20-/m0/s1. The summed E-state index contributed by atoms with van der Waals surface area (Å²) < 4.78 is 6.25. The van der Waals surface area contributed by atoms with Crippen LogP contribution in [0.25, 0.3) is 0 Å².